The van der Waals surface area contributed by atoms with Crippen molar-refractivity contribution in [1.29, 1.82) is 0 Å². The van der Waals surface area contributed by atoms with Crippen molar-refractivity contribution in [3.63, 3.8) is 0 Å². The van der Waals surface area contributed by atoms with E-state index in [-0.39, 0.29) is 24.5 Å². The van der Waals surface area contributed by atoms with Gasteiger partial charge in [-0.15, -0.1) is 0 Å². The lowest BCUT2D eigenvalue weighted by Crippen LogP contribution is -2.31. The van der Waals surface area contributed by atoms with E-state index in [1.54, 1.807) is 24.3 Å². The number of hydrogen-bond donors (Lipinski definition) is 1. The van der Waals surface area contributed by atoms with Gasteiger partial charge in [0.05, 0.1) is 11.7 Å². The van der Waals surface area contributed by atoms with Gasteiger partial charge in [-0.3, -0.25) is 19.1 Å². The first kappa shape index (κ1) is 15.2. The lowest BCUT2D eigenvalue weighted by Gasteiger charge is -2.09. The molecule has 1 fully saturated rings. The summed E-state index contributed by atoms with van der Waals surface area (Å²) >= 11 is 0. The van der Waals surface area contributed by atoms with Crippen molar-refractivity contribution in [3.8, 4) is 0 Å². The van der Waals surface area contributed by atoms with Crippen LogP contribution in [-0.2, 0) is 20.9 Å². The summed E-state index contributed by atoms with van der Waals surface area (Å²) < 4.78 is 6.34. The van der Waals surface area contributed by atoms with Gasteiger partial charge >= 0.3 is 5.97 Å². The van der Waals surface area contributed by atoms with Crippen LogP contribution in [-0.4, -0.2) is 34.8 Å². The second kappa shape index (κ2) is 6.60. The van der Waals surface area contributed by atoms with E-state index in [1.165, 1.54) is 4.68 Å². The van der Waals surface area contributed by atoms with Crippen LogP contribution in [0.15, 0.2) is 35.3 Å². The van der Waals surface area contributed by atoms with Crippen LogP contribution in [0.3, 0.4) is 0 Å². The zero-order valence-electron chi connectivity index (χ0n) is 12.5. The fourth-order valence-electron chi connectivity index (χ4n) is 2.23. The molecule has 1 aliphatic carbocycles. The predicted octanol–water partition coefficient (Wildman–Crippen LogP) is 0.466. The van der Waals surface area contributed by atoms with Gasteiger partial charge in [-0.2, -0.15) is 5.10 Å². The number of carbonyl (C=O) groups is 2. The quantitative estimate of drug-likeness (QED) is 0.782. The van der Waals surface area contributed by atoms with Crippen molar-refractivity contribution in [2.75, 3.05) is 13.2 Å². The van der Waals surface area contributed by atoms with Gasteiger partial charge in [0.2, 0.25) is 5.43 Å². The Morgan fingerprint density at radius 3 is 2.87 bits per heavy atom. The summed E-state index contributed by atoms with van der Waals surface area (Å²) in [4.78, 5) is 35.1. The molecule has 0 unspecified atom stereocenters. The molecule has 7 heteroatoms. The van der Waals surface area contributed by atoms with E-state index in [0.29, 0.717) is 23.4 Å². The van der Waals surface area contributed by atoms with Crippen LogP contribution in [0.1, 0.15) is 12.8 Å². The van der Waals surface area contributed by atoms with Crippen molar-refractivity contribution < 1.29 is 14.3 Å². The first-order valence-electron chi connectivity index (χ1n) is 7.50. The third-order valence-electron chi connectivity index (χ3n) is 3.69. The number of amides is 1. The molecule has 1 N–H and O–H groups in total. The average molecular weight is 315 g/mol. The minimum absolute atomic E-state index is 0.156. The van der Waals surface area contributed by atoms with Gasteiger partial charge in [0.15, 0.2) is 6.61 Å². The van der Waals surface area contributed by atoms with Crippen LogP contribution in [0.25, 0.3) is 10.9 Å². The smallest absolute Gasteiger partial charge is 0.328 e. The summed E-state index contributed by atoms with van der Waals surface area (Å²) in [6, 6.07) is 6.89. The molecule has 1 amide bonds. The van der Waals surface area contributed by atoms with E-state index in [1.807, 2.05) is 0 Å². The Balaban J connectivity index is 1.58. The molecule has 0 aliphatic heterocycles. The van der Waals surface area contributed by atoms with Crippen LogP contribution in [0.2, 0.25) is 0 Å². The molecule has 1 heterocycles. The zero-order valence-corrected chi connectivity index (χ0v) is 12.5. The van der Waals surface area contributed by atoms with Gasteiger partial charge in [-0.05, 0) is 30.9 Å². The second-order valence-electron chi connectivity index (χ2n) is 5.59. The van der Waals surface area contributed by atoms with Gasteiger partial charge in [-0.25, -0.2) is 0 Å². The molecular weight excluding hydrogens is 298 g/mol. The highest BCUT2D eigenvalue weighted by atomic mass is 16.5. The third kappa shape index (κ3) is 3.94. The minimum Gasteiger partial charge on any atom is -0.454 e. The van der Waals surface area contributed by atoms with Crippen molar-refractivity contribution in [2.45, 2.75) is 19.4 Å². The number of nitrogens with one attached hydrogen (secondary N) is 1. The highest BCUT2D eigenvalue weighted by Gasteiger charge is 2.21. The monoisotopic (exact) mass is 315 g/mol. The van der Waals surface area contributed by atoms with E-state index in [9.17, 15) is 14.4 Å². The second-order valence-corrected chi connectivity index (χ2v) is 5.59. The van der Waals surface area contributed by atoms with E-state index in [2.05, 4.69) is 10.4 Å². The van der Waals surface area contributed by atoms with Crippen LogP contribution in [0.5, 0.6) is 0 Å². The molecule has 0 saturated heterocycles. The normalized spacial score (nSPS) is 13.7. The van der Waals surface area contributed by atoms with Crippen LogP contribution < -0.4 is 10.7 Å². The summed E-state index contributed by atoms with van der Waals surface area (Å²) in [5.74, 6) is -0.303. The predicted molar refractivity (Wildman–Crippen MR) is 82.7 cm³/mol. The van der Waals surface area contributed by atoms with E-state index in [4.69, 9.17) is 4.74 Å². The summed E-state index contributed by atoms with van der Waals surface area (Å²) in [7, 11) is 0. The Kier molecular flexibility index (Phi) is 4.36. The highest BCUT2D eigenvalue weighted by Crippen LogP contribution is 2.27. The Hall–Kier alpha value is -2.70. The van der Waals surface area contributed by atoms with Crippen LogP contribution in [0.4, 0.5) is 0 Å². The lowest BCUT2D eigenvalue weighted by molar-refractivity contribution is -0.149. The number of benzene rings is 1. The van der Waals surface area contributed by atoms with E-state index >= 15 is 0 Å². The molecule has 23 heavy (non-hydrogen) atoms. The van der Waals surface area contributed by atoms with Crippen molar-refractivity contribution in [3.05, 3.63) is 40.7 Å². The Bertz CT molecular complexity index is 795. The van der Waals surface area contributed by atoms with Gasteiger partial charge in [0.1, 0.15) is 6.54 Å². The van der Waals surface area contributed by atoms with Crippen molar-refractivity contribution in [1.82, 2.24) is 15.1 Å². The highest BCUT2D eigenvalue weighted by molar-refractivity contribution is 5.82. The van der Waals surface area contributed by atoms with Crippen LogP contribution in [0, 0.1) is 5.92 Å². The molecule has 1 aromatic heterocycles. The van der Waals surface area contributed by atoms with E-state index in [0.717, 1.165) is 19.0 Å². The fraction of sp³-hybridized carbons (Fsp3) is 0.375. The number of esters is 1. The number of para-hydroxylation sites is 1. The SMILES string of the molecule is O=C(COC(=O)Cn1ncc(=O)c2ccccc21)NCC1CC1. The largest absolute Gasteiger partial charge is 0.454 e. The van der Waals surface area contributed by atoms with Crippen molar-refractivity contribution >= 4 is 22.8 Å². The molecule has 2 aromatic rings. The molecule has 0 spiro atoms. The van der Waals surface area contributed by atoms with Crippen LogP contribution >= 0.6 is 0 Å². The van der Waals surface area contributed by atoms with Gasteiger partial charge in [0, 0.05) is 11.9 Å². The van der Waals surface area contributed by atoms with Gasteiger partial charge in [0.25, 0.3) is 5.91 Å². The lowest BCUT2D eigenvalue weighted by atomic mass is 10.2. The number of hydrogen-bond acceptors (Lipinski definition) is 5. The van der Waals surface area contributed by atoms with Gasteiger partial charge in [-0.1, -0.05) is 12.1 Å². The summed E-state index contributed by atoms with van der Waals surface area (Å²) in [5.41, 5.74) is 0.347. The molecule has 120 valence electrons. The van der Waals surface area contributed by atoms with Gasteiger partial charge < -0.3 is 10.1 Å². The molecule has 0 radical (unpaired) electrons. The molecule has 1 aliphatic rings. The number of fused-ring (bicyclic) bond motifs is 1. The molecular formula is C16H17N3O4. The van der Waals surface area contributed by atoms with Crippen molar-refractivity contribution in [2.24, 2.45) is 5.92 Å². The maximum absolute atomic E-state index is 11.9. The van der Waals surface area contributed by atoms with E-state index < -0.39 is 5.97 Å². The number of carbonyl (C=O) groups excluding carboxylic acids is 2. The summed E-state index contributed by atoms with van der Waals surface area (Å²) in [6.45, 7) is 0.183. The summed E-state index contributed by atoms with van der Waals surface area (Å²) in [5, 5.41) is 7.15. The Morgan fingerprint density at radius 1 is 1.30 bits per heavy atom. The maximum Gasteiger partial charge on any atom is 0.328 e. The number of ether oxygens (including phenoxy) is 1. The summed E-state index contributed by atoms with van der Waals surface area (Å²) in [6.07, 6.45) is 3.45. The number of rotatable bonds is 6. The molecule has 1 aromatic carbocycles. The first-order chi connectivity index (χ1) is 11.1. The zero-order chi connectivity index (χ0) is 16.2. The molecule has 0 bridgehead atoms. The first-order valence-corrected chi connectivity index (χ1v) is 7.50. The molecule has 1 saturated carbocycles. The number of aromatic nitrogens is 2. The third-order valence-corrected chi connectivity index (χ3v) is 3.69. The fourth-order valence-corrected chi connectivity index (χ4v) is 2.23. The Morgan fingerprint density at radius 2 is 2.09 bits per heavy atom. The average Bonchev–Trinajstić information content (AvgIpc) is 3.38. The number of nitrogens with zero attached hydrogens (tertiary/aromatic N) is 2. The molecule has 3 rings (SSSR count). The molecule has 7 nitrogen and oxygen atoms in total. The standard InChI is InChI=1S/C16H17N3O4/c20-14-8-18-19(13-4-2-1-3-12(13)14)9-16(22)23-10-15(21)17-7-11-5-6-11/h1-4,8,11H,5-7,9-10H2,(H,17,21). The Labute approximate surface area is 132 Å². The molecule has 0 atom stereocenters. The minimum atomic E-state index is -0.576. The topological polar surface area (TPSA) is 90.3 Å². The maximum atomic E-state index is 11.9.